The van der Waals surface area contributed by atoms with Crippen LogP contribution < -0.4 is 0 Å². The number of alkyl halides is 4. The summed E-state index contributed by atoms with van der Waals surface area (Å²) in [7, 11) is 0. The second-order valence-corrected chi connectivity index (χ2v) is 3.01. The molecule has 0 bridgehead atoms. The molecule has 0 aliphatic carbocycles. The average molecular weight is 240 g/mol. The van der Waals surface area contributed by atoms with Gasteiger partial charge in [-0.3, -0.25) is 0 Å². The fraction of sp³-hybridized carbons (Fsp3) is 1.00. The van der Waals surface area contributed by atoms with Gasteiger partial charge in [-0.05, 0) is 22.6 Å². The van der Waals surface area contributed by atoms with E-state index in [0.717, 1.165) is 22.6 Å². The van der Waals surface area contributed by atoms with Gasteiger partial charge in [-0.15, -0.1) is 11.6 Å². The van der Waals surface area contributed by atoms with E-state index >= 15 is 0 Å². The molecular weight excluding hydrogens is 236 g/mol. The second kappa shape index (κ2) is 3.02. The summed E-state index contributed by atoms with van der Waals surface area (Å²) < 4.78 is 20.6. The Morgan fingerprint density at radius 3 is 2.00 bits per heavy atom. The first-order valence-corrected chi connectivity index (χ1v) is 3.30. The Morgan fingerprint density at radius 1 is 1.57 bits per heavy atom. The largest absolute Gasteiger partial charge is 0.297 e. The molecule has 0 saturated carbocycles. The standard InChI is InChI=1S/C3H4ClF2I/c4-2-1-3(5,6)7/h1-2H2. The minimum atomic E-state index is -2.61. The molecule has 0 aromatic heterocycles. The second-order valence-electron chi connectivity index (χ2n) is 1.05. The summed E-state index contributed by atoms with van der Waals surface area (Å²) in [5, 5.41) is 0. The molecule has 0 fully saturated rings. The van der Waals surface area contributed by atoms with Gasteiger partial charge in [0.1, 0.15) is 0 Å². The molecule has 0 aromatic rings. The third-order valence-electron chi connectivity index (χ3n) is 0.378. The van der Waals surface area contributed by atoms with E-state index in [-0.39, 0.29) is 12.3 Å². The molecule has 0 aliphatic rings. The van der Waals surface area contributed by atoms with Crippen molar-refractivity contribution in [3.63, 3.8) is 0 Å². The molecule has 0 saturated heterocycles. The summed E-state index contributed by atoms with van der Waals surface area (Å²) in [6.07, 6.45) is -0.241. The van der Waals surface area contributed by atoms with E-state index in [4.69, 9.17) is 11.6 Å². The van der Waals surface area contributed by atoms with Crippen LogP contribution in [0.2, 0.25) is 0 Å². The van der Waals surface area contributed by atoms with E-state index in [2.05, 4.69) is 0 Å². The van der Waals surface area contributed by atoms with Crippen LogP contribution in [0.5, 0.6) is 0 Å². The predicted molar refractivity (Wildman–Crippen MR) is 34.3 cm³/mol. The monoisotopic (exact) mass is 240 g/mol. The van der Waals surface area contributed by atoms with Crippen molar-refractivity contribution < 1.29 is 8.78 Å². The summed E-state index contributed by atoms with van der Waals surface area (Å²) in [5.74, 6) is 0.0238. The molecule has 44 valence electrons. The normalized spacial score (nSPS) is 12.0. The highest BCUT2D eigenvalue weighted by Crippen LogP contribution is 2.26. The quantitative estimate of drug-likeness (QED) is 0.514. The summed E-state index contributed by atoms with van der Waals surface area (Å²) in [6.45, 7) is 0. The molecular formula is C3H4ClF2I. The lowest BCUT2D eigenvalue weighted by Gasteiger charge is -2.01. The van der Waals surface area contributed by atoms with E-state index in [1.807, 2.05) is 0 Å². The van der Waals surface area contributed by atoms with Crippen molar-refractivity contribution in [2.75, 3.05) is 5.88 Å². The van der Waals surface area contributed by atoms with Crippen LogP contribution in [0.15, 0.2) is 0 Å². The minimum absolute atomic E-state index is 0.0238. The molecule has 0 heterocycles. The van der Waals surface area contributed by atoms with Crippen molar-refractivity contribution in [2.45, 2.75) is 10.4 Å². The van der Waals surface area contributed by atoms with E-state index in [0.29, 0.717) is 0 Å². The number of hydrogen-bond donors (Lipinski definition) is 0. The molecule has 0 aliphatic heterocycles. The molecule has 0 N–H and O–H groups in total. The highest BCUT2D eigenvalue weighted by Gasteiger charge is 2.21. The third-order valence-corrected chi connectivity index (χ3v) is 1.11. The molecule has 0 spiro atoms. The Bertz CT molecular complexity index is 51.4. The van der Waals surface area contributed by atoms with Crippen molar-refractivity contribution in [2.24, 2.45) is 0 Å². The SMILES string of the molecule is FC(F)(I)CCCl. The van der Waals surface area contributed by atoms with Crippen LogP contribution in [0, 0.1) is 0 Å². The van der Waals surface area contributed by atoms with Gasteiger partial charge in [0.05, 0.1) is 0 Å². The third kappa shape index (κ3) is 6.88. The van der Waals surface area contributed by atoms with E-state index < -0.39 is 3.93 Å². The first-order valence-electron chi connectivity index (χ1n) is 1.69. The number of rotatable bonds is 2. The first-order chi connectivity index (χ1) is 3.06. The molecule has 0 rings (SSSR count). The maximum atomic E-state index is 11.6. The van der Waals surface area contributed by atoms with Crippen LogP contribution in [0.3, 0.4) is 0 Å². The van der Waals surface area contributed by atoms with Crippen LogP contribution in [0.25, 0.3) is 0 Å². The lowest BCUT2D eigenvalue weighted by Crippen LogP contribution is -2.03. The van der Waals surface area contributed by atoms with Gasteiger partial charge in [0.25, 0.3) is 3.93 Å². The lowest BCUT2D eigenvalue weighted by atomic mass is 10.5. The fourth-order valence-electron chi connectivity index (χ4n) is 0.107. The molecule has 0 amide bonds. The summed E-state index contributed by atoms with van der Waals surface area (Å²) in [5.41, 5.74) is 0. The van der Waals surface area contributed by atoms with Gasteiger partial charge in [0.15, 0.2) is 0 Å². The average Bonchev–Trinajstić information content (AvgIpc) is 1.30. The highest BCUT2D eigenvalue weighted by molar-refractivity contribution is 14.1. The van der Waals surface area contributed by atoms with Gasteiger partial charge in [0.2, 0.25) is 0 Å². The highest BCUT2D eigenvalue weighted by atomic mass is 127. The van der Waals surface area contributed by atoms with Crippen molar-refractivity contribution >= 4 is 34.2 Å². The van der Waals surface area contributed by atoms with Gasteiger partial charge in [-0.25, -0.2) is 0 Å². The Hall–Kier alpha value is 0.880. The number of halogens is 4. The van der Waals surface area contributed by atoms with Gasteiger partial charge >= 0.3 is 0 Å². The maximum Gasteiger partial charge on any atom is 0.297 e. The Kier molecular flexibility index (Phi) is 3.40. The smallest absolute Gasteiger partial charge is 0.195 e. The predicted octanol–water partition coefficient (Wildman–Crippen LogP) is 2.64. The van der Waals surface area contributed by atoms with Gasteiger partial charge in [-0.1, -0.05) is 0 Å². The van der Waals surface area contributed by atoms with Crippen LogP contribution in [-0.4, -0.2) is 9.81 Å². The first kappa shape index (κ1) is 7.88. The van der Waals surface area contributed by atoms with E-state index in [9.17, 15) is 8.78 Å². The zero-order valence-electron chi connectivity index (χ0n) is 3.43. The molecule has 0 radical (unpaired) electrons. The molecule has 7 heavy (non-hydrogen) atoms. The van der Waals surface area contributed by atoms with Crippen LogP contribution >= 0.6 is 34.2 Å². The summed E-state index contributed by atoms with van der Waals surface area (Å²) in [6, 6.07) is 0. The topological polar surface area (TPSA) is 0 Å². The molecule has 0 nitrogen and oxygen atoms in total. The molecule has 0 unspecified atom stereocenters. The van der Waals surface area contributed by atoms with Crippen LogP contribution in [0.1, 0.15) is 6.42 Å². The number of hydrogen-bond acceptors (Lipinski definition) is 0. The zero-order valence-corrected chi connectivity index (χ0v) is 6.34. The molecule has 4 heteroatoms. The maximum absolute atomic E-state index is 11.6. The summed E-state index contributed by atoms with van der Waals surface area (Å²) >= 11 is 6.06. The summed E-state index contributed by atoms with van der Waals surface area (Å²) in [4.78, 5) is 0. The van der Waals surface area contributed by atoms with Crippen molar-refractivity contribution in [3.8, 4) is 0 Å². The molecule has 0 aromatic carbocycles. The lowest BCUT2D eigenvalue weighted by molar-refractivity contribution is 0.124. The van der Waals surface area contributed by atoms with Crippen LogP contribution in [-0.2, 0) is 0 Å². The van der Waals surface area contributed by atoms with Crippen molar-refractivity contribution in [1.29, 1.82) is 0 Å². The van der Waals surface area contributed by atoms with Gasteiger partial charge in [0, 0.05) is 12.3 Å². The Morgan fingerprint density at radius 2 is 2.00 bits per heavy atom. The van der Waals surface area contributed by atoms with E-state index in [1.54, 1.807) is 0 Å². The van der Waals surface area contributed by atoms with Crippen LogP contribution in [0.4, 0.5) is 8.78 Å². The van der Waals surface area contributed by atoms with Gasteiger partial charge < -0.3 is 0 Å². The van der Waals surface area contributed by atoms with Crippen molar-refractivity contribution in [1.82, 2.24) is 0 Å². The Balaban J connectivity index is 3.15. The fourth-order valence-corrected chi connectivity index (χ4v) is 0.933. The minimum Gasteiger partial charge on any atom is -0.195 e. The van der Waals surface area contributed by atoms with E-state index in [1.165, 1.54) is 0 Å². The zero-order chi connectivity index (χ0) is 5.91. The Labute approximate surface area is 59.4 Å². The van der Waals surface area contributed by atoms with Crippen molar-refractivity contribution in [3.05, 3.63) is 0 Å². The molecule has 0 atom stereocenters. The van der Waals surface area contributed by atoms with Gasteiger partial charge in [-0.2, -0.15) is 8.78 Å².